The van der Waals surface area contributed by atoms with Gasteiger partial charge in [-0.3, -0.25) is 0 Å². The van der Waals surface area contributed by atoms with Gasteiger partial charge in [0.2, 0.25) is 0 Å². The Bertz CT molecular complexity index is 353. The van der Waals surface area contributed by atoms with E-state index in [9.17, 15) is 0 Å². The average Bonchev–Trinajstić information content (AvgIpc) is 2.37. The minimum atomic E-state index is 0.646. The number of hydrogen-bond acceptors (Lipinski definition) is 3. The van der Waals surface area contributed by atoms with E-state index >= 15 is 0 Å². The summed E-state index contributed by atoms with van der Waals surface area (Å²) < 4.78 is 5.12. The Morgan fingerprint density at radius 1 is 1.24 bits per heavy atom. The Morgan fingerprint density at radius 2 is 1.94 bits per heavy atom. The van der Waals surface area contributed by atoms with E-state index in [0.717, 1.165) is 31.7 Å². The first-order valence-electron chi connectivity index (χ1n) is 5.94. The average molecular weight is 232 g/mol. The zero-order chi connectivity index (χ0) is 12.5. The van der Waals surface area contributed by atoms with Gasteiger partial charge in [-0.05, 0) is 44.1 Å². The van der Waals surface area contributed by atoms with Gasteiger partial charge in [-0.15, -0.1) is 0 Å². The van der Waals surface area contributed by atoms with Gasteiger partial charge in [-0.1, -0.05) is 12.1 Å². The molecule has 1 rings (SSSR count). The van der Waals surface area contributed by atoms with Gasteiger partial charge in [-0.25, -0.2) is 0 Å². The molecule has 1 aromatic carbocycles. The van der Waals surface area contributed by atoms with Gasteiger partial charge in [0.1, 0.15) is 5.75 Å². The monoisotopic (exact) mass is 232 g/mol. The van der Waals surface area contributed by atoms with Crippen LogP contribution in [0, 0.1) is 11.3 Å². The number of nitrogens with zero attached hydrogens (tertiary/aromatic N) is 2. The Balaban J connectivity index is 2.27. The van der Waals surface area contributed by atoms with Crippen molar-refractivity contribution < 1.29 is 4.74 Å². The highest BCUT2D eigenvalue weighted by molar-refractivity contribution is 5.27. The van der Waals surface area contributed by atoms with Crippen LogP contribution in [0.1, 0.15) is 18.4 Å². The highest BCUT2D eigenvalue weighted by Crippen LogP contribution is 2.11. The Hall–Kier alpha value is -1.53. The van der Waals surface area contributed by atoms with E-state index in [1.165, 1.54) is 5.56 Å². The molecule has 0 saturated heterocycles. The van der Waals surface area contributed by atoms with Gasteiger partial charge in [-0.2, -0.15) is 5.26 Å². The molecule has 0 aromatic heterocycles. The molecule has 0 atom stereocenters. The fourth-order valence-electron chi connectivity index (χ4n) is 1.65. The number of methoxy groups -OCH3 is 1. The van der Waals surface area contributed by atoms with Crippen molar-refractivity contribution in [3.63, 3.8) is 0 Å². The van der Waals surface area contributed by atoms with Crippen molar-refractivity contribution in [3.8, 4) is 11.8 Å². The van der Waals surface area contributed by atoms with Crippen LogP contribution in [-0.2, 0) is 6.42 Å². The van der Waals surface area contributed by atoms with Gasteiger partial charge in [0.25, 0.3) is 0 Å². The molecule has 0 aliphatic heterocycles. The molecule has 1 aromatic rings. The van der Waals surface area contributed by atoms with Crippen LogP contribution in [0.15, 0.2) is 24.3 Å². The van der Waals surface area contributed by atoms with Crippen LogP contribution in [0.2, 0.25) is 0 Å². The summed E-state index contributed by atoms with van der Waals surface area (Å²) in [6.07, 6.45) is 2.63. The van der Waals surface area contributed by atoms with Crippen LogP contribution in [-0.4, -0.2) is 32.1 Å². The third-order valence-electron chi connectivity index (χ3n) is 2.77. The number of likely N-dealkylation sites (N-methyl/N-ethyl adjacent to an activating group) is 1. The van der Waals surface area contributed by atoms with E-state index in [2.05, 4.69) is 30.1 Å². The SMILES string of the molecule is COc1ccc(CCN(C)CCCC#N)cc1. The molecule has 0 aliphatic carbocycles. The molecule has 17 heavy (non-hydrogen) atoms. The summed E-state index contributed by atoms with van der Waals surface area (Å²) in [6, 6.07) is 10.3. The lowest BCUT2D eigenvalue weighted by Gasteiger charge is -2.15. The Labute approximate surface area is 104 Å². The van der Waals surface area contributed by atoms with Gasteiger partial charge in [0.15, 0.2) is 0 Å². The van der Waals surface area contributed by atoms with Crippen molar-refractivity contribution in [2.75, 3.05) is 27.2 Å². The van der Waals surface area contributed by atoms with Crippen LogP contribution in [0.3, 0.4) is 0 Å². The summed E-state index contributed by atoms with van der Waals surface area (Å²) in [5.41, 5.74) is 1.32. The fourth-order valence-corrected chi connectivity index (χ4v) is 1.65. The molecular formula is C14H20N2O. The first-order valence-corrected chi connectivity index (χ1v) is 5.94. The second-order valence-corrected chi connectivity index (χ2v) is 4.16. The van der Waals surface area contributed by atoms with Crippen molar-refractivity contribution >= 4 is 0 Å². The van der Waals surface area contributed by atoms with Gasteiger partial charge in [0, 0.05) is 13.0 Å². The number of hydrogen-bond donors (Lipinski definition) is 0. The lowest BCUT2D eigenvalue weighted by Crippen LogP contribution is -2.22. The van der Waals surface area contributed by atoms with Crippen molar-refractivity contribution in [1.29, 1.82) is 5.26 Å². The molecule has 0 bridgehead atoms. The molecule has 0 heterocycles. The maximum absolute atomic E-state index is 8.46. The van der Waals surface area contributed by atoms with Crippen LogP contribution < -0.4 is 4.74 Å². The molecule has 0 unspecified atom stereocenters. The number of unbranched alkanes of at least 4 members (excludes halogenated alkanes) is 1. The van der Waals surface area contributed by atoms with Crippen LogP contribution in [0.5, 0.6) is 5.75 Å². The van der Waals surface area contributed by atoms with Crippen molar-refractivity contribution in [2.45, 2.75) is 19.3 Å². The Kier molecular flexibility index (Phi) is 6.13. The highest BCUT2D eigenvalue weighted by Gasteiger charge is 1.99. The topological polar surface area (TPSA) is 36.3 Å². The predicted molar refractivity (Wildman–Crippen MR) is 69.0 cm³/mol. The van der Waals surface area contributed by atoms with E-state index in [-0.39, 0.29) is 0 Å². The molecule has 0 amide bonds. The van der Waals surface area contributed by atoms with E-state index in [0.29, 0.717) is 6.42 Å². The summed E-state index contributed by atoms with van der Waals surface area (Å²) in [7, 11) is 3.78. The van der Waals surface area contributed by atoms with Crippen LogP contribution >= 0.6 is 0 Å². The van der Waals surface area contributed by atoms with Crippen LogP contribution in [0.25, 0.3) is 0 Å². The number of benzene rings is 1. The molecule has 92 valence electrons. The maximum Gasteiger partial charge on any atom is 0.118 e. The van der Waals surface area contributed by atoms with E-state index < -0.39 is 0 Å². The van der Waals surface area contributed by atoms with Crippen molar-refractivity contribution in [2.24, 2.45) is 0 Å². The standard InChI is InChI=1S/C14H20N2O/c1-16(11-4-3-10-15)12-9-13-5-7-14(17-2)8-6-13/h5-8H,3-4,9,11-12H2,1-2H3. The second kappa shape index (κ2) is 7.70. The lowest BCUT2D eigenvalue weighted by atomic mass is 10.1. The lowest BCUT2D eigenvalue weighted by molar-refractivity contribution is 0.335. The third kappa shape index (κ3) is 5.37. The summed E-state index contributed by atoms with van der Waals surface area (Å²) in [5.74, 6) is 0.899. The smallest absolute Gasteiger partial charge is 0.118 e. The minimum Gasteiger partial charge on any atom is -0.497 e. The first kappa shape index (κ1) is 13.5. The molecule has 3 nitrogen and oxygen atoms in total. The fraction of sp³-hybridized carbons (Fsp3) is 0.500. The van der Waals surface area contributed by atoms with E-state index in [4.69, 9.17) is 10.00 Å². The molecule has 3 heteroatoms. The van der Waals surface area contributed by atoms with Gasteiger partial charge in [0.05, 0.1) is 13.2 Å². The quantitative estimate of drug-likeness (QED) is 0.678. The largest absolute Gasteiger partial charge is 0.497 e. The summed E-state index contributed by atoms with van der Waals surface area (Å²) in [6.45, 7) is 2.02. The summed E-state index contributed by atoms with van der Waals surface area (Å²) in [4.78, 5) is 2.27. The van der Waals surface area contributed by atoms with Crippen molar-refractivity contribution in [1.82, 2.24) is 4.90 Å². The molecule has 0 spiro atoms. The Morgan fingerprint density at radius 3 is 2.53 bits per heavy atom. The minimum absolute atomic E-state index is 0.646. The molecule has 0 aliphatic rings. The maximum atomic E-state index is 8.46. The zero-order valence-electron chi connectivity index (χ0n) is 10.6. The summed E-state index contributed by atoms with van der Waals surface area (Å²) >= 11 is 0. The molecule has 0 fully saturated rings. The highest BCUT2D eigenvalue weighted by atomic mass is 16.5. The van der Waals surface area contributed by atoms with Crippen molar-refractivity contribution in [3.05, 3.63) is 29.8 Å². The molecule has 0 saturated carbocycles. The van der Waals surface area contributed by atoms with Crippen LogP contribution in [0.4, 0.5) is 0 Å². The molecule has 0 N–H and O–H groups in total. The number of ether oxygens (including phenoxy) is 1. The van der Waals surface area contributed by atoms with Gasteiger partial charge < -0.3 is 9.64 Å². The zero-order valence-corrected chi connectivity index (χ0v) is 10.6. The van der Waals surface area contributed by atoms with Gasteiger partial charge >= 0.3 is 0 Å². The number of rotatable bonds is 7. The molecule has 0 radical (unpaired) electrons. The second-order valence-electron chi connectivity index (χ2n) is 4.16. The molecular weight excluding hydrogens is 212 g/mol. The predicted octanol–water partition coefficient (Wildman–Crippen LogP) is 2.47. The summed E-state index contributed by atoms with van der Waals surface area (Å²) in [5, 5.41) is 8.46. The van der Waals surface area contributed by atoms with E-state index in [1.54, 1.807) is 7.11 Å². The number of nitriles is 1. The van der Waals surface area contributed by atoms with E-state index in [1.807, 2.05) is 12.1 Å². The first-order chi connectivity index (χ1) is 8.26. The third-order valence-corrected chi connectivity index (χ3v) is 2.77. The normalized spacial score (nSPS) is 10.2.